The minimum atomic E-state index is -0.124. The highest BCUT2D eigenvalue weighted by Gasteiger charge is 2.34. The van der Waals surface area contributed by atoms with Crippen LogP contribution in [0.5, 0.6) is 0 Å². The number of carbonyl (C=O) groups excluding carboxylic acids is 2. The van der Waals surface area contributed by atoms with Crippen molar-refractivity contribution in [2.24, 2.45) is 5.92 Å². The van der Waals surface area contributed by atoms with Crippen molar-refractivity contribution in [1.29, 1.82) is 0 Å². The number of rotatable bonds is 2. The molecule has 0 radical (unpaired) electrons. The van der Waals surface area contributed by atoms with Gasteiger partial charge in [0.2, 0.25) is 5.91 Å². The number of carbonyl (C=O) groups is 2. The SMILES string of the molecule is CC1CNCCN1C(=O)C1CCCN(C(=O)c2ccc(Cl)c(Cl)c2)C1. The summed E-state index contributed by atoms with van der Waals surface area (Å²) in [6.07, 6.45) is 1.67. The minimum absolute atomic E-state index is 0.0931. The van der Waals surface area contributed by atoms with Crippen LogP contribution in [0.15, 0.2) is 18.2 Å². The zero-order chi connectivity index (χ0) is 18.0. The molecule has 1 aromatic carbocycles. The summed E-state index contributed by atoms with van der Waals surface area (Å²) in [5.41, 5.74) is 0.512. The lowest BCUT2D eigenvalue weighted by molar-refractivity contribution is -0.139. The Bertz CT molecular complexity index is 668. The van der Waals surface area contributed by atoms with Crippen LogP contribution in [-0.2, 0) is 4.79 Å². The molecule has 0 spiro atoms. The Labute approximate surface area is 158 Å². The zero-order valence-electron chi connectivity index (χ0n) is 14.3. The fourth-order valence-corrected chi connectivity index (χ4v) is 3.88. The third kappa shape index (κ3) is 4.10. The van der Waals surface area contributed by atoms with E-state index in [0.29, 0.717) is 28.7 Å². The lowest BCUT2D eigenvalue weighted by Gasteiger charge is -2.39. The van der Waals surface area contributed by atoms with Gasteiger partial charge in [0.05, 0.1) is 16.0 Å². The van der Waals surface area contributed by atoms with Crippen LogP contribution in [0.4, 0.5) is 0 Å². The average Bonchev–Trinajstić information content (AvgIpc) is 2.63. The van der Waals surface area contributed by atoms with E-state index in [0.717, 1.165) is 32.5 Å². The van der Waals surface area contributed by atoms with Gasteiger partial charge in [-0.15, -0.1) is 0 Å². The first kappa shape index (κ1) is 18.5. The number of halogens is 2. The molecular formula is C18H23Cl2N3O2. The molecule has 2 atom stereocenters. The second-order valence-corrected chi connectivity index (χ2v) is 7.62. The summed E-state index contributed by atoms with van der Waals surface area (Å²) in [5.74, 6) is -0.0499. The van der Waals surface area contributed by atoms with E-state index in [1.54, 1.807) is 23.1 Å². The minimum Gasteiger partial charge on any atom is -0.338 e. The Hall–Kier alpha value is -1.30. The molecule has 0 saturated carbocycles. The van der Waals surface area contributed by atoms with Crippen molar-refractivity contribution in [3.8, 4) is 0 Å². The number of hydrogen-bond donors (Lipinski definition) is 1. The summed E-state index contributed by atoms with van der Waals surface area (Å²) in [5, 5.41) is 4.09. The van der Waals surface area contributed by atoms with Crippen molar-refractivity contribution in [2.75, 3.05) is 32.7 Å². The molecule has 2 fully saturated rings. The Morgan fingerprint density at radius 3 is 2.72 bits per heavy atom. The van der Waals surface area contributed by atoms with Gasteiger partial charge >= 0.3 is 0 Å². The number of likely N-dealkylation sites (tertiary alicyclic amines) is 1. The summed E-state index contributed by atoms with van der Waals surface area (Å²) in [6.45, 7) is 5.58. The van der Waals surface area contributed by atoms with Crippen LogP contribution < -0.4 is 5.32 Å². The quantitative estimate of drug-likeness (QED) is 0.853. The molecule has 5 nitrogen and oxygen atoms in total. The lowest BCUT2D eigenvalue weighted by Crippen LogP contribution is -2.55. The topological polar surface area (TPSA) is 52.7 Å². The van der Waals surface area contributed by atoms with E-state index in [1.807, 2.05) is 4.90 Å². The summed E-state index contributed by atoms with van der Waals surface area (Å²) in [6, 6.07) is 5.10. The molecule has 136 valence electrons. The molecule has 2 aliphatic rings. The van der Waals surface area contributed by atoms with E-state index in [4.69, 9.17) is 23.2 Å². The van der Waals surface area contributed by atoms with Gasteiger partial charge in [0.1, 0.15) is 0 Å². The molecule has 3 rings (SSSR count). The predicted molar refractivity (Wildman–Crippen MR) is 99.1 cm³/mol. The first-order valence-electron chi connectivity index (χ1n) is 8.73. The van der Waals surface area contributed by atoms with Gasteiger partial charge in [-0.3, -0.25) is 9.59 Å². The van der Waals surface area contributed by atoms with Gasteiger partial charge in [-0.05, 0) is 38.0 Å². The second-order valence-electron chi connectivity index (χ2n) is 6.80. The largest absolute Gasteiger partial charge is 0.338 e. The normalized spacial score (nSPS) is 24.3. The third-order valence-electron chi connectivity index (χ3n) is 5.01. The highest BCUT2D eigenvalue weighted by Crippen LogP contribution is 2.26. The Morgan fingerprint density at radius 1 is 1.20 bits per heavy atom. The van der Waals surface area contributed by atoms with Crippen LogP contribution in [0.25, 0.3) is 0 Å². The number of nitrogens with one attached hydrogen (secondary N) is 1. The first-order chi connectivity index (χ1) is 12.0. The van der Waals surface area contributed by atoms with Crippen LogP contribution in [0.1, 0.15) is 30.1 Å². The van der Waals surface area contributed by atoms with Crippen molar-refractivity contribution in [3.63, 3.8) is 0 Å². The van der Waals surface area contributed by atoms with Gasteiger partial charge in [-0.2, -0.15) is 0 Å². The summed E-state index contributed by atoms with van der Waals surface area (Å²) in [7, 11) is 0. The highest BCUT2D eigenvalue weighted by molar-refractivity contribution is 6.42. The van der Waals surface area contributed by atoms with Gasteiger partial charge in [0.25, 0.3) is 5.91 Å². The second kappa shape index (κ2) is 7.94. The number of nitrogens with zero attached hydrogens (tertiary/aromatic N) is 2. The zero-order valence-corrected chi connectivity index (χ0v) is 15.8. The van der Waals surface area contributed by atoms with Crippen LogP contribution in [0.3, 0.4) is 0 Å². The van der Waals surface area contributed by atoms with Crippen molar-refractivity contribution in [2.45, 2.75) is 25.8 Å². The molecule has 0 aliphatic carbocycles. The van der Waals surface area contributed by atoms with Crippen molar-refractivity contribution >= 4 is 35.0 Å². The third-order valence-corrected chi connectivity index (χ3v) is 5.75. The van der Waals surface area contributed by atoms with Crippen molar-refractivity contribution in [1.82, 2.24) is 15.1 Å². The molecule has 1 aromatic rings. The standard InChI is InChI=1S/C18H23Cl2N3O2/c1-12-10-21-6-8-23(12)18(25)14-3-2-7-22(11-14)17(24)13-4-5-15(19)16(20)9-13/h4-5,9,12,14,21H,2-3,6-8,10-11H2,1H3. The molecule has 2 aliphatic heterocycles. The number of amides is 2. The molecule has 2 amide bonds. The number of benzene rings is 1. The van der Waals surface area contributed by atoms with Crippen molar-refractivity contribution < 1.29 is 9.59 Å². The Balaban J connectivity index is 1.68. The maximum Gasteiger partial charge on any atom is 0.253 e. The van der Waals surface area contributed by atoms with E-state index >= 15 is 0 Å². The Morgan fingerprint density at radius 2 is 2.00 bits per heavy atom. The molecule has 7 heteroatoms. The predicted octanol–water partition coefficient (Wildman–Crippen LogP) is 2.67. The fourth-order valence-electron chi connectivity index (χ4n) is 3.58. The monoisotopic (exact) mass is 383 g/mol. The summed E-state index contributed by atoms with van der Waals surface area (Å²) < 4.78 is 0. The molecule has 25 heavy (non-hydrogen) atoms. The molecule has 2 saturated heterocycles. The maximum absolute atomic E-state index is 12.9. The van der Waals surface area contributed by atoms with Gasteiger partial charge in [0.15, 0.2) is 0 Å². The van der Waals surface area contributed by atoms with E-state index in [-0.39, 0.29) is 23.8 Å². The fraction of sp³-hybridized carbons (Fsp3) is 0.556. The maximum atomic E-state index is 12.9. The van der Waals surface area contributed by atoms with Crippen molar-refractivity contribution in [3.05, 3.63) is 33.8 Å². The summed E-state index contributed by atoms with van der Waals surface area (Å²) in [4.78, 5) is 29.4. The van der Waals surface area contributed by atoms with Gasteiger partial charge in [-0.25, -0.2) is 0 Å². The molecule has 2 unspecified atom stereocenters. The van der Waals surface area contributed by atoms with Crippen LogP contribution in [-0.4, -0.2) is 60.4 Å². The number of hydrogen-bond acceptors (Lipinski definition) is 3. The highest BCUT2D eigenvalue weighted by atomic mass is 35.5. The first-order valence-corrected chi connectivity index (χ1v) is 9.48. The summed E-state index contributed by atoms with van der Waals surface area (Å²) >= 11 is 11.9. The van der Waals surface area contributed by atoms with E-state index < -0.39 is 0 Å². The Kier molecular flexibility index (Phi) is 5.87. The molecule has 0 aromatic heterocycles. The van der Waals surface area contributed by atoms with Crippen LogP contribution in [0, 0.1) is 5.92 Å². The molecule has 1 N–H and O–H groups in total. The van der Waals surface area contributed by atoms with Gasteiger partial charge in [-0.1, -0.05) is 23.2 Å². The van der Waals surface area contributed by atoms with Gasteiger partial charge < -0.3 is 15.1 Å². The van der Waals surface area contributed by atoms with Crippen LogP contribution >= 0.6 is 23.2 Å². The molecule has 2 heterocycles. The van der Waals surface area contributed by atoms with Crippen LogP contribution in [0.2, 0.25) is 10.0 Å². The van der Waals surface area contributed by atoms with Gasteiger partial charge in [0, 0.05) is 44.3 Å². The molecular weight excluding hydrogens is 361 g/mol. The number of piperidine rings is 1. The smallest absolute Gasteiger partial charge is 0.253 e. The van der Waals surface area contributed by atoms with E-state index in [9.17, 15) is 9.59 Å². The van der Waals surface area contributed by atoms with E-state index in [1.165, 1.54) is 0 Å². The number of piperazine rings is 1. The lowest BCUT2D eigenvalue weighted by atomic mass is 9.95. The van der Waals surface area contributed by atoms with E-state index in [2.05, 4.69) is 12.2 Å². The average molecular weight is 384 g/mol. The molecule has 0 bridgehead atoms.